The molecule has 0 aliphatic carbocycles. The van der Waals surface area contributed by atoms with E-state index in [1.165, 1.54) is 4.90 Å². The summed E-state index contributed by atoms with van der Waals surface area (Å²) in [6.45, 7) is 4.76. The number of hydrogen-bond acceptors (Lipinski definition) is 4. The number of Topliss-reactive ketones (excluding diaryl/α,β-unsaturated/α-hetero) is 1. The van der Waals surface area contributed by atoms with Gasteiger partial charge >= 0.3 is 0 Å². The molecule has 1 N–H and O–H groups in total. The summed E-state index contributed by atoms with van der Waals surface area (Å²) in [7, 11) is 3.81. The Morgan fingerprint density at radius 2 is 1.76 bits per heavy atom. The molecule has 0 bridgehead atoms. The molecule has 2 aromatic carbocycles. The maximum Gasteiger partial charge on any atom is 0.295 e. The van der Waals surface area contributed by atoms with E-state index in [-0.39, 0.29) is 11.3 Å². The van der Waals surface area contributed by atoms with Crippen LogP contribution in [0, 0.1) is 13.8 Å². The van der Waals surface area contributed by atoms with Crippen molar-refractivity contribution in [3.8, 4) is 0 Å². The number of likely N-dealkylation sites (tertiary alicyclic amines) is 1. The molecule has 0 aromatic heterocycles. The van der Waals surface area contributed by atoms with Gasteiger partial charge in [0.25, 0.3) is 11.7 Å². The number of likely N-dealkylation sites (N-methyl/N-ethyl adjacent to an activating group) is 1. The summed E-state index contributed by atoms with van der Waals surface area (Å²) in [4.78, 5) is 29.3. The Balaban J connectivity index is 2.19. The van der Waals surface area contributed by atoms with E-state index in [4.69, 9.17) is 11.6 Å². The lowest BCUT2D eigenvalue weighted by Crippen LogP contribution is -2.35. The first-order chi connectivity index (χ1) is 13.7. The third-order valence-corrected chi connectivity index (χ3v) is 5.41. The Bertz CT molecular complexity index is 980. The molecule has 152 valence electrons. The molecule has 1 atom stereocenters. The quantitative estimate of drug-likeness (QED) is 0.459. The number of ketones is 1. The molecule has 2 aromatic rings. The summed E-state index contributed by atoms with van der Waals surface area (Å²) in [5, 5.41) is 11.7. The molecule has 1 heterocycles. The second-order valence-electron chi connectivity index (χ2n) is 7.67. The van der Waals surface area contributed by atoms with E-state index < -0.39 is 17.7 Å². The molecule has 0 saturated carbocycles. The molecule has 1 fully saturated rings. The van der Waals surface area contributed by atoms with Gasteiger partial charge in [0.1, 0.15) is 5.76 Å². The monoisotopic (exact) mass is 412 g/mol. The predicted molar refractivity (Wildman–Crippen MR) is 115 cm³/mol. The summed E-state index contributed by atoms with van der Waals surface area (Å²) < 4.78 is 0. The highest BCUT2D eigenvalue weighted by molar-refractivity contribution is 6.46. The van der Waals surface area contributed by atoms with Gasteiger partial charge < -0.3 is 14.9 Å². The van der Waals surface area contributed by atoms with E-state index in [1.807, 2.05) is 51.0 Å². The summed E-state index contributed by atoms with van der Waals surface area (Å²) in [6.07, 6.45) is 0. The highest BCUT2D eigenvalue weighted by Gasteiger charge is 2.46. The first-order valence-corrected chi connectivity index (χ1v) is 9.84. The predicted octanol–water partition coefficient (Wildman–Crippen LogP) is 3.94. The van der Waals surface area contributed by atoms with Gasteiger partial charge in [0.2, 0.25) is 0 Å². The number of aliphatic hydroxyl groups is 1. The molecule has 29 heavy (non-hydrogen) atoms. The number of carbonyl (C=O) groups is 2. The Kier molecular flexibility index (Phi) is 6.10. The van der Waals surface area contributed by atoms with Crippen molar-refractivity contribution >= 4 is 29.1 Å². The normalized spacial score (nSPS) is 18.7. The number of aliphatic hydroxyl groups excluding tert-OH is 1. The van der Waals surface area contributed by atoms with Crippen LogP contribution in [0.15, 0.2) is 48.0 Å². The molecule has 3 rings (SSSR count). The summed E-state index contributed by atoms with van der Waals surface area (Å²) >= 11 is 6.03. The third kappa shape index (κ3) is 4.21. The SMILES string of the molecule is Cc1ccc(C)c(C(O)=C2C(=O)C(=O)N(CCN(C)C)[C@@H]2c2ccc(Cl)cc2)c1. The van der Waals surface area contributed by atoms with Gasteiger partial charge in [-0.05, 0) is 57.3 Å². The molecule has 1 aliphatic heterocycles. The van der Waals surface area contributed by atoms with Crippen LogP contribution in [-0.4, -0.2) is 53.8 Å². The Labute approximate surface area is 176 Å². The van der Waals surface area contributed by atoms with Gasteiger partial charge in [-0.2, -0.15) is 0 Å². The van der Waals surface area contributed by atoms with E-state index in [2.05, 4.69) is 0 Å². The highest BCUT2D eigenvalue weighted by atomic mass is 35.5. The molecule has 1 aliphatic rings. The van der Waals surface area contributed by atoms with E-state index in [0.717, 1.165) is 16.7 Å². The molecule has 6 heteroatoms. The van der Waals surface area contributed by atoms with Crippen molar-refractivity contribution in [3.63, 3.8) is 0 Å². The molecule has 0 spiro atoms. The minimum absolute atomic E-state index is 0.116. The van der Waals surface area contributed by atoms with Crippen LogP contribution in [0.25, 0.3) is 5.76 Å². The number of nitrogens with zero attached hydrogens (tertiary/aromatic N) is 2. The first kappa shape index (κ1) is 21.1. The average Bonchev–Trinajstić information content (AvgIpc) is 2.93. The third-order valence-electron chi connectivity index (χ3n) is 5.16. The lowest BCUT2D eigenvalue weighted by Gasteiger charge is -2.26. The van der Waals surface area contributed by atoms with E-state index in [0.29, 0.717) is 23.7 Å². The van der Waals surface area contributed by atoms with Crippen LogP contribution in [0.1, 0.15) is 28.3 Å². The van der Waals surface area contributed by atoms with Gasteiger partial charge in [0.05, 0.1) is 11.6 Å². The van der Waals surface area contributed by atoms with Crippen molar-refractivity contribution in [2.45, 2.75) is 19.9 Å². The lowest BCUT2D eigenvalue weighted by atomic mass is 9.93. The number of carbonyl (C=O) groups excluding carboxylic acids is 2. The molecule has 0 radical (unpaired) electrons. The number of benzene rings is 2. The zero-order chi connectivity index (χ0) is 21.3. The number of amides is 1. The van der Waals surface area contributed by atoms with Crippen molar-refractivity contribution in [1.82, 2.24) is 9.80 Å². The van der Waals surface area contributed by atoms with E-state index in [1.54, 1.807) is 24.3 Å². The zero-order valence-electron chi connectivity index (χ0n) is 17.1. The van der Waals surface area contributed by atoms with Crippen LogP contribution in [-0.2, 0) is 9.59 Å². The van der Waals surface area contributed by atoms with Gasteiger partial charge in [0, 0.05) is 23.7 Å². The maximum atomic E-state index is 13.0. The zero-order valence-corrected chi connectivity index (χ0v) is 17.8. The minimum atomic E-state index is -0.665. The number of rotatable bonds is 5. The average molecular weight is 413 g/mol. The summed E-state index contributed by atoms with van der Waals surface area (Å²) in [5.41, 5.74) is 3.21. The van der Waals surface area contributed by atoms with Crippen molar-refractivity contribution in [3.05, 3.63) is 75.3 Å². The van der Waals surface area contributed by atoms with Crippen LogP contribution in [0.5, 0.6) is 0 Å². The fourth-order valence-corrected chi connectivity index (χ4v) is 3.67. The number of halogens is 1. The number of aryl methyl sites for hydroxylation is 2. The first-order valence-electron chi connectivity index (χ1n) is 9.47. The lowest BCUT2D eigenvalue weighted by molar-refractivity contribution is -0.140. The van der Waals surface area contributed by atoms with Crippen LogP contribution in [0.4, 0.5) is 0 Å². The molecule has 1 saturated heterocycles. The van der Waals surface area contributed by atoms with Gasteiger partial charge in [0.15, 0.2) is 0 Å². The van der Waals surface area contributed by atoms with Crippen molar-refractivity contribution < 1.29 is 14.7 Å². The molecular formula is C23H25ClN2O3. The van der Waals surface area contributed by atoms with Crippen LogP contribution in [0.2, 0.25) is 5.02 Å². The Hall–Kier alpha value is -2.63. The Morgan fingerprint density at radius 1 is 1.10 bits per heavy atom. The molecule has 0 unspecified atom stereocenters. The fourth-order valence-electron chi connectivity index (χ4n) is 3.55. The smallest absolute Gasteiger partial charge is 0.295 e. The summed E-state index contributed by atoms with van der Waals surface area (Å²) in [6, 6.07) is 12.0. The molecule has 1 amide bonds. The fraction of sp³-hybridized carbons (Fsp3) is 0.304. The van der Waals surface area contributed by atoms with Crippen molar-refractivity contribution in [1.29, 1.82) is 0 Å². The Morgan fingerprint density at radius 3 is 2.38 bits per heavy atom. The second-order valence-corrected chi connectivity index (χ2v) is 8.10. The topological polar surface area (TPSA) is 60.9 Å². The largest absolute Gasteiger partial charge is 0.507 e. The van der Waals surface area contributed by atoms with Crippen molar-refractivity contribution in [2.75, 3.05) is 27.2 Å². The van der Waals surface area contributed by atoms with Crippen LogP contribution < -0.4 is 0 Å². The van der Waals surface area contributed by atoms with Gasteiger partial charge in [-0.15, -0.1) is 0 Å². The van der Waals surface area contributed by atoms with Gasteiger partial charge in [-0.3, -0.25) is 9.59 Å². The van der Waals surface area contributed by atoms with Crippen LogP contribution >= 0.6 is 11.6 Å². The van der Waals surface area contributed by atoms with Crippen molar-refractivity contribution in [2.24, 2.45) is 0 Å². The minimum Gasteiger partial charge on any atom is -0.507 e. The second kappa shape index (κ2) is 8.39. The van der Waals surface area contributed by atoms with Gasteiger partial charge in [-0.1, -0.05) is 41.4 Å². The summed E-state index contributed by atoms with van der Waals surface area (Å²) in [5.74, 6) is -1.40. The molecular weight excluding hydrogens is 388 g/mol. The van der Waals surface area contributed by atoms with E-state index >= 15 is 0 Å². The van der Waals surface area contributed by atoms with E-state index in [9.17, 15) is 14.7 Å². The maximum absolute atomic E-state index is 13.0. The van der Waals surface area contributed by atoms with Crippen LogP contribution in [0.3, 0.4) is 0 Å². The van der Waals surface area contributed by atoms with Gasteiger partial charge in [-0.25, -0.2) is 0 Å². The number of hydrogen-bond donors (Lipinski definition) is 1. The molecule has 5 nitrogen and oxygen atoms in total. The highest BCUT2D eigenvalue weighted by Crippen LogP contribution is 2.40. The standard InChI is InChI=1S/C23H25ClN2O3/c1-14-5-6-15(2)18(13-14)21(27)19-20(16-7-9-17(24)10-8-16)26(12-11-25(3)4)23(29)22(19)28/h5-10,13,20,27H,11-12H2,1-4H3/t20-/m1/s1.